The lowest BCUT2D eigenvalue weighted by Crippen LogP contribution is -2.12. The first kappa shape index (κ1) is 11.3. The van der Waals surface area contributed by atoms with E-state index in [4.69, 9.17) is 4.74 Å². The smallest absolute Gasteiger partial charge is 0.133 e. The maximum atomic E-state index is 13.6. The minimum atomic E-state index is -0.510. The Morgan fingerprint density at radius 3 is 2.56 bits per heavy atom. The Bertz CT molecular complexity index is 352. The third-order valence-corrected chi connectivity index (χ3v) is 3.01. The highest BCUT2D eigenvalue weighted by atomic mass is 19.1. The molecule has 1 unspecified atom stereocenters. The number of hydrogen-bond acceptors (Lipinski definition) is 2. The molecule has 4 heteroatoms. The number of rotatable bonds is 3. The summed E-state index contributed by atoms with van der Waals surface area (Å²) in [5.74, 6) is -0.465. The van der Waals surface area contributed by atoms with Crippen molar-refractivity contribution in [3.05, 3.63) is 29.3 Å². The lowest BCUT2D eigenvalue weighted by atomic mass is 9.98. The van der Waals surface area contributed by atoms with Crippen LogP contribution < -0.4 is 10.1 Å². The molecule has 1 aliphatic rings. The fourth-order valence-electron chi connectivity index (χ4n) is 2.07. The molecule has 16 heavy (non-hydrogen) atoms. The number of benzene rings is 1. The van der Waals surface area contributed by atoms with Gasteiger partial charge in [0.15, 0.2) is 0 Å². The van der Waals surface area contributed by atoms with Crippen LogP contribution in [0, 0.1) is 17.6 Å². The molecule has 0 radical (unpaired) electrons. The molecule has 0 saturated carbocycles. The SMILES string of the molecule is COc1cc(F)c(CC2CCNC2)c(F)c1. The van der Waals surface area contributed by atoms with Crippen LogP contribution in [0.5, 0.6) is 5.75 Å². The highest BCUT2D eigenvalue weighted by Crippen LogP contribution is 2.24. The quantitative estimate of drug-likeness (QED) is 0.854. The summed E-state index contributed by atoms with van der Waals surface area (Å²) in [6, 6.07) is 2.47. The molecule has 0 aromatic heterocycles. The lowest BCUT2D eigenvalue weighted by Gasteiger charge is -2.11. The van der Waals surface area contributed by atoms with Crippen LogP contribution in [0.4, 0.5) is 8.78 Å². The molecular weight excluding hydrogens is 212 g/mol. The summed E-state index contributed by atoms with van der Waals surface area (Å²) in [6.07, 6.45) is 1.43. The third-order valence-electron chi connectivity index (χ3n) is 3.01. The van der Waals surface area contributed by atoms with Gasteiger partial charge in [0, 0.05) is 17.7 Å². The van der Waals surface area contributed by atoms with Gasteiger partial charge in [-0.3, -0.25) is 0 Å². The highest BCUT2D eigenvalue weighted by Gasteiger charge is 2.20. The molecule has 0 spiro atoms. The second kappa shape index (κ2) is 4.78. The van der Waals surface area contributed by atoms with E-state index in [9.17, 15) is 8.78 Å². The average Bonchev–Trinajstić information content (AvgIpc) is 2.75. The summed E-state index contributed by atoms with van der Waals surface area (Å²) in [6.45, 7) is 1.77. The van der Waals surface area contributed by atoms with E-state index in [1.165, 1.54) is 19.2 Å². The summed E-state index contributed by atoms with van der Waals surface area (Å²) >= 11 is 0. The minimum absolute atomic E-state index is 0.175. The van der Waals surface area contributed by atoms with Crippen LogP contribution in [0.3, 0.4) is 0 Å². The fourth-order valence-corrected chi connectivity index (χ4v) is 2.07. The minimum Gasteiger partial charge on any atom is -0.497 e. The van der Waals surface area contributed by atoms with Gasteiger partial charge in [-0.05, 0) is 31.8 Å². The van der Waals surface area contributed by atoms with Crippen LogP contribution in [0.2, 0.25) is 0 Å². The van der Waals surface area contributed by atoms with Gasteiger partial charge in [0.25, 0.3) is 0 Å². The number of hydrogen-bond donors (Lipinski definition) is 1. The van der Waals surface area contributed by atoms with E-state index in [-0.39, 0.29) is 11.3 Å². The molecule has 1 atom stereocenters. The van der Waals surface area contributed by atoms with Crippen molar-refractivity contribution in [2.24, 2.45) is 5.92 Å². The Morgan fingerprint density at radius 1 is 1.38 bits per heavy atom. The standard InChI is InChI=1S/C12H15F2NO/c1-16-9-5-11(13)10(12(14)6-9)4-8-2-3-15-7-8/h5-6,8,15H,2-4,7H2,1H3. The van der Waals surface area contributed by atoms with E-state index < -0.39 is 11.6 Å². The monoisotopic (exact) mass is 227 g/mol. The Kier molecular flexibility index (Phi) is 3.39. The van der Waals surface area contributed by atoms with Gasteiger partial charge >= 0.3 is 0 Å². The van der Waals surface area contributed by atoms with Crippen LogP contribution in [0.25, 0.3) is 0 Å². The summed E-state index contributed by atoms with van der Waals surface area (Å²) < 4.78 is 32.0. The normalized spacial score (nSPS) is 20.1. The van der Waals surface area contributed by atoms with E-state index in [0.29, 0.717) is 12.3 Å². The molecule has 0 amide bonds. The van der Waals surface area contributed by atoms with Crippen LogP contribution in [0.1, 0.15) is 12.0 Å². The molecule has 1 aliphatic heterocycles. The Labute approximate surface area is 93.6 Å². The van der Waals surface area contributed by atoms with Gasteiger partial charge in [-0.1, -0.05) is 0 Å². The van der Waals surface area contributed by atoms with E-state index in [1.54, 1.807) is 0 Å². The van der Waals surface area contributed by atoms with Crippen molar-refractivity contribution in [1.82, 2.24) is 5.32 Å². The van der Waals surface area contributed by atoms with E-state index in [1.807, 2.05) is 0 Å². The fraction of sp³-hybridized carbons (Fsp3) is 0.500. The predicted octanol–water partition coefficient (Wildman–Crippen LogP) is 2.13. The molecular formula is C12H15F2NO. The van der Waals surface area contributed by atoms with Crippen LogP contribution in [0.15, 0.2) is 12.1 Å². The molecule has 0 aliphatic carbocycles. The maximum Gasteiger partial charge on any atom is 0.133 e. The third kappa shape index (κ3) is 2.32. The maximum absolute atomic E-state index is 13.6. The molecule has 2 nitrogen and oxygen atoms in total. The molecule has 1 fully saturated rings. The number of halogens is 2. The Balaban J connectivity index is 2.19. The van der Waals surface area contributed by atoms with Crippen LogP contribution >= 0.6 is 0 Å². The van der Waals surface area contributed by atoms with Gasteiger partial charge in [-0.15, -0.1) is 0 Å². The average molecular weight is 227 g/mol. The van der Waals surface area contributed by atoms with Crippen molar-refractivity contribution < 1.29 is 13.5 Å². The van der Waals surface area contributed by atoms with Crippen molar-refractivity contribution in [2.45, 2.75) is 12.8 Å². The predicted molar refractivity (Wildman–Crippen MR) is 57.6 cm³/mol. The van der Waals surface area contributed by atoms with Gasteiger partial charge in [0.1, 0.15) is 17.4 Å². The van der Waals surface area contributed by atoms with Gasteiger partial charge in [0.05, 0.1) is 7.11 Å². The van der Waals surface area contributed by atoms with E-state index in [0.717, 1.165) is 19.5 Å². The zero-order valence-electron chi connectivity index (χ0n) is 9.22. The summed E-state index contributed by atoms with van der Waals surface area (Å²) in [7, 11) is 1.40. The van der Waals surface area contributed by atoms with Crippen LogP contribution in [-0.2, 0) is 6.42 Å². The number of ether oxygens (including phenoxy) is 1. The Morgan fingerprint density at radius 2 is 2.06 bits per heavy atom. The molecule has 1 N–H and O–H groups in total. The van der Waals surface area contributed by atoms with Gasteiger partial charge in [-0.2, -0.15) is 0 Å². The second-order valence-corrected chi connectivity index (χ2v) is 4.13. The molecule has 2 rings (SSSR count). The first-order chi connectivity index (χ1) is 7.70. The number of nitrogens with one attached hydrogen (secondary N) is 1. The van der Waals surface area contributed by atoms with Gasteiger partial charge < -0.3 is 10.1 Å². The summed E-state index contributed by atoms with van der Waals surface area (Å²) in [4.78, 5) is 0. The van der Waals surface area contributed by atoms with E-state index >= 15 is 0 Å². The molecule has 88 valence electrons. The van der Waals surface area contributed by atoms with Gasteiger partial charge in [-0.25, -0.2) is 8.78 Å². The second-order valence-electron chi connectivity index (χ2n) is 4.13. The Hall–Kier alpha value is -1.16. The first-order valence-electron chi connectivity index (χ1n) is 5.43. The van der Waals surface area contributed by atoms with Crippen LogP contribution in [-0.4, -0.2) is 20.2 Å². The summed E-state index contributed by atoms with van der Waals surface area (Å²) in [5, 5.41) is 3.18. The zero-order chi connectivity index (χ0) is 11.5. The van der Waals surface area contributed by atoms with Gasteiger partial charge in [0.2, 0.25) is 0 Å². The highest BCUT2D eigenvalue weighted by molar-refractivity contribution is 5.30. The van der Waals surface area contributed by atoms with Crippen molar-refractivity contribution in [3.8, 4) is 5.75 Å². The summed E-state index contributed by atoms with van der Waals surface area (Å²) in [5.41, 5.74) is 0.175. The molecule has 1 saturated heterocycles. The lowest BCUT2D eigenvalue weighted by molar-refractivity contribution is 0.403. The molecule has 0 bridgehead atoms. The molecule has 1 aromatic carbocycles. The first-order valence-corrected chi connectivity index (χ1v) is 5.43. The van der Waals surface area contributed by atoms with Crippen molar-refractivity contribution in [1.29, 1.82) is 0 Å². The topological polar surface area (TPSA) is 21.3 Å². The molecule has 1 aromatic rings. The van der Waals surface area contributed by atoms with Crippen molar-refractivity contribution in [2.75, 3.05) is 20.2 Å². The van der Waals surface area contributed by atoms with Crippen molar-refractivity contribution in [3.63, 3.8) is 0 Å². The largest absolute Gasteiger partial charge is 0.497 e. The zero-order valence-corrected chi connectivity index (χ0v) is 9.22. The molecule has 1 heterocycles. The van der Waals surface area contributed by atoms with Crippen molar-refractivity contribution >= 4 is 0 Å². The van der Waals surface area contributed by atoms with E-state index in [2.05, 4.69) is 5.32 Å². The number of methoxy groups -OCH3 is 1.